The summed E-state index contributed by atoms with van der Waals surface area (Å²) in [6, 6.07) is 7.35. The van der Waals surface area contributed by atoms with Crippen LogP contribution in [0.25, 0.3) is 0 Å². The predicted molar refractivity (Wildman–Crippen MR) is 86.3 cm³/mol. The Labute approximate surface area is 134 Å². The third-order valence-electron chi connectivity index (χ3n) is 4.17. The van der Waals surface area contributed by atoms with Gasteiger partial charge in [-0.15, -0.1) is 0 Å². The summed E-state index contributed by atoms with van der Waals surface area (Å²) in [5.74, 6) is 0.220. The van der Waals surface area contributed by atoms with Crippen molar-refractivity contribution in [2.45, 2.75) is 27.2 Å². The monoisotopic (exact) mass is 313 g/mol. The van der Waals surface area contributed by atoms with Gasteiger partial charge in [-0.25, -0.2) is 0 Å². The van der Waals surface area contributed by atoms with Crippen molar-refractivity contribution < 1.29 is 14.1 Å². The first-order chi connectivity index (χ1) is 11.0. The Morgan fingerprint density at radius 2 is 2.13 bits per heavy atom. The van der Waals surface area contributed by atoms with E-state index in [2.05, 4.69) is 10.5 Å². The Hall–Kier alpha value is -2.63. The molecule has 1 atom stereocenters. The average molecular weight is 313 g/mol. The van der Waals surface area contributed by atoms with Gasteiger partial charge in [-0.1, -0.05) is 24.2 Å². The highest BCUT2D eigenvalue weighted by Gasteiger charge is 2.29. The van der Waals surface area contributed by atoms with Gasteiger partial charge in [0.05, 0.1) is 29.4 Å². The number of carbonyl (C=O) groups is 2. The topological polar surface area (TPSA) is 75.4 Å². The number of nitrogens with zero attached hydrogens (tertiary/aromatic N) is 2. The summed E-state index contributed by atoms with van der Waals surface area (Å²) in [4.78, 5) is 26.6. The summed E-state index contributed by atoms with van der Waals surface area (Å²) in [6.45, 7) is 5.79. The lowest BCUT2D eigenvalue weighted by Crippen LogP contribution is -2.37. The molecule has 1 aliphatic rings. The van der Waals surface area contributed by atoms with Crippen molar-refractivity contribution in [3.63, 3.8) is 0 Å². The number of hydrogen-bond donors (Lipinski definition) is 1. The predicted octanol–water partition coefficient (Wildman–Crippen LogP) is 2.46. The number of carbonyl (C=O) groups excluding carboxylic acids is 2. The maximum absolute atomic E-state index is 12.9. The highest BCUT2D eigenvalue weighted by Crippen LogP contribution is 2.30. The molecular formula is C17H19N3O3. The zero-order valence-electron chi connectivity index (χ0n) is 13.4. The number of amides is 2. The summed E-state index contributed by atoms with van der Waals surface area (Å²) < 4.78 is 5.13. The third-order valence-corrected chi connectivity index (χ3v) is 4.17. The Balaban J connectivity index is 1.94. The Morgan fingerprint density at radius 1 is 1.39 bits per heavy atom. The molecule has 23 heavy (non-hydrogen) atoms. The van der Waals surface area contributed by atoms with Gasteiger partial charge in [0.2, 0.25) is 11.8 Å². The Morgan fingerprint density at radius 3 is 2.83 bits per heavy atom. The second-order valence-electron chi connectivity index (χ2n) is 5.89. The smallest absolute Gasteiger partial charge is 0.231 e. The molecule has 3 rings (SSSR count). The van der Waals surface area contributed by atoms with Crippen LogP contribution in [0.5, 0.6) is 0 Å². The van der Waals surface area contributed by atoms with E-state index in [1.54, 1.807) is 11.8 Å². The standard InChI is InChI=1S/C17H19N3O3/c1-10-9-20(15-7-5-4-6-14(15)18-17(10)22)16(21)8-13-11(2)19-23-12(13)3/h4-7,10H,8-9H2,1-3H3,(H,18,22)/t10-/m0/s1. The summed E-state index contributed by atoms with van der Waals surface area (Å²) >= 11 is 0. The van der Waals surface area contributed by atoms with Crippen LogP contribution in [0.15, 0.2) is 28.8 Å². The van der Waals surface area contributed by atoms with Gasteiger partial charge in [0.1, 0.15) is 5.76 Å². The summed E-state index contributed by atoms with van der Waals surface area (Å²) in [5, 5.41) is 6.77. The number of aromatic nitrogens is 1. The van der Waals surface area contributed by atoms with E-state index in [1.807, 2.05) is 38.1 Å². The number of nitrogens with one attached hydrogen (secondary N) is 1. The highest BCUT2D eigenvalue weighted by molar-refractivity contribution is 6.05. The molecule has 1 aliphatic heterocycles. The van der Waals surface area contributed by atoms with E-state index in [9.17, 15) is 9.59 Å². The van der Waals surface area contributed by atoms with Crippen LogP contribution in [0.2, 0.25) is 0 Å². The van der Waals surface area contributed by atoms with Crippen molar-refractivity contribution in [3.8, 4) is 0 Å². The molecule has 120 valence electrons. The molecule has 2 aromatic rings. The molecule has 0 radical (unpaired) electrons. The van der Waals surface area contributed by atoms with Gasteiger partial charge in [0.15, 0.2) is 0 Å². The van der Waals surface area contributed by atoms with Gasteiger partial charge in [0, 0.05) is 12.1 Å². The molecule has 6 heteroatoms. The number of aryl methyl sites for hydroxylation is 2. The molecule has 0 saturated heterocycles. The molecular weight excluding hydrogens is 294 g/mol. The zero-order valence-corrected chi connectivity index (χ0v) is 13.4. The normalized spacial score (nSPS) is 17.4. The molecule has 2 heterocycles. The lowest BCUT2D eigenvalue weighted by molar-refractivity contribution is -0.119. The molecule has 0 unspecified atom stereocenters. The minimum atomic E-state index is -0.281. The van der Waals surface area contributed by atoms with Crippen molar-refractivity contribution in [2.24, 2.45) is 5.92 Å². The van der Waals surface area contributed by atoms with Crippen LogP contribution in [-0.2, 0) is 16.0 Å². The van der Waals surface area contributed by atoms with Crippen LogP contribution in [0.3, 0.4) is 0 Å². The first kappa shape index (κ1) is 15.3. The molecule has 1 N–H and O–H groups in total. The quantitative estimate of drug-likeness (QED) is 0.924. The van der Waals surface area contributed by atoms with E-state index in [-0.39, 0.29) is 24.2 Å². The molecule has 2 amide bonds. The molecule has 0 spiro atoms. The first-order valence-electron chi connectivity index (χ1n) is 7.59. The van der Waals surface area contributed by atoms with Crippen LogP contribution in [0.1, 0.15) is 23.9 Å². The number of anilines is 2. The first-order valence-corrected chi connectivity index (χ1v) is 7.59. The maximum Gasteiger partial charge on any atom is 0.231 e. The largest absolute Gasteiger partial charge is 0.361 e. The fraction of sp³-hybridized carbons (Fsp3) is 0.353. The minimum Gasteiger partial charge on any atom is -0.361 e. The van der Waals surface area contributed by atoms with E-state index in [1.165, 1.54) is 0 Å². The number of benzene rings is 1. The average Bonchev–Trinajstić information content (AvgIpc) is 2.77. The molecule has 6 nitrogen and oxygen atoms in total. The molecule has 0 saturated carbocycles. The number of fused-ring (bicyclic) bond motifs is 1. The van der Waals surface area contributed by atoms with Crippen molar-refractivity contribution >= 4 is 23.2 Å². The van der Waals surface area contributed by atoms with Crippen LogP contribution in [0.4, 0.5) is 11.4 Å². The van der Waals surface area contributed by atoms with E-state index in [0.717, 1.165) is 16.9 Å². The lowest BCUT2D eigenvalue weighted by Gasteiger charge is -2.23. The second-order valence-corrected chi connectivity index (χ2v) is 5.89. The fourth-order valence-electron chi connectivity index (χ4n) is 2.76. The number of rotatable bonds is 2. The summed E-state index contributed by atoms with van der Waals surface area (Å²) in [6.07, 6.45) is 0.205. The van der Waals surface area contributed by atoms with Crippen molar-refractivity contribution in [1.82, 2.24) is 5.16 Å². The van der Waals surface area contributed by atoms with Crippen LogP contribution in [-0.4, -0.2) is 23.5 Å². The van der Waals surface area contributed by atoms with Gasteiger partial charge in [-0.2, -0.15) is 0 Å². The van der Waals surface area contributed by atoms with Crippen LogP contribution in [0, 0.1) is 19.8 Å². The number of para-hydroxylation sites is 2. The van der Waals surface area contributed by atoms with E-state index >= 15 is 0 Å². The van der Waals surface area contributed by atoms with E-state index in [4.69, 9.17) is 4.52 Å². The van der Waals surface area contributed by atoms with Crippen molar-refractivity contribution in [3.05, 3.63) is 41.3 Å². The van der Waals surface area contributed by atoms with Gasteiger partial charge in [-0.3, -0.25) is 9.59 Å². The molecule has 1 aromatic heterocycles. The van der Waals surface area contributed by atoms with Crippen molar-refractivity contribution in [1.29, 1.82) is 0 Å². The van der Waals surface area contributed by atoms with Gasteiger partial charge < -0.3 is 14.7 Å². The minimum absolute atomic E-state index is 0.0739. The third kappa shape index (κ3) is 2.84. The van der Waals surface area contributed by atoms with Gasteiger partial charge >= 0.3 is 0 Å². The fourth-order valence-corrected chi connectivity index (χ4v) is 2.76. The summed E-state index contributed by atoms with van der Waals surface area (Å²) in [7, 11) is 0. The molecule has 0 bridgehead atoms. The van der Waals surface area contributed by atoms with Gasteiger partial charge in [-0.05, 0) is 26.0 Å². The van der Waals surface area contributed by atoms with Gasteiger partial charge in [0.25, 0.3) is 0 Å². The highest BCUT2D eigenvalue weighted by atomic mass is 16.5. The van der Waals surface area contributed by atoms with Crippen molar-refractivity contribution in [2.75, 3.05) is 16.8 Å². The van der Waals surface area contributed by atoms with Crippen LogP contribution < -0.4 is 10.2 Å². The SMILES string of the molecule is Cc1noc(C)c1CC(=O)N1C[C@H](C)C(=O)Nc2ccccc21. The summed E-state index contributed by atoms with van der Waals surface area (Å²) in [5.41, 5.74) is 2.92. The van der Waals surface area contributed by atoms with Crippen LogP contribution >= 0.6 is 0 Å². The number of hydrogen-bond acceptors (Lipinski definition) is 4. The second kappa shape index (κ2) is 5.87. The molecule has 1 aromatic carbocycles. The Kier molecular flexibility index (Phi) is 3.90. The van der Waals surface area contributed by atoms with E-state index < -0.39 is 0 Å². The molecule has 0 aliphatic carbocycles. The lowest BCUT2D eigenvalue weighted by atomic mass is 10.1. The van der Waals surface area contributed by atoms with E-state index in [0.29, 0.717) is 18.0 Å². The Bertz CT molecular complexity index is 747. The molecule has 0 fully saturated rings. The maximum atomic E-state index is 12.9. The zero-order chi connectivity index (χ0) is 16.6.